The van der Waals surface area contributed by atoms with Crippen LogP contribution in [0.3, 0.4) is 0 Å². The molecule has 1 heterocycles. The van der Waals surface area contributed by atoms with Gasteiger partial charge < -0.3 is 15.8 Å². The van der Waals surface area contributed by atoms with Gasteiger partial charge in [0.25, 0.3) is 0 Å². The second-order valence-electron chi connectivity index (χ2n) is 2.99. The van der Waals surface area contributed by atoms with E-state index in [1.54, 1.807) is 0 Å². The molecule has 0 aromatic carbocycles. The van der Waals surface area contributed by atoms with E-state index in [9.17, 15) is 4.79 Å². The average molecular weight is 172 g/mol. The van der Waals surface area contributed by atoms with Crippen LogP contribution in [0.25, 0.3) is 0 Å². The Morgan fingerprint density at radius 2 is 2.50 bits per heavy atom. The summed E-state index contributed by atoms with van der Waals surface area (Å²) in [5.41, 5.74) is 5.29. The number of nitrogens with one attached hydrogen (secondary N) is 1. The summed E-state index contributed by atoms with van der Waals surface area (Å²) in [4.78, 5) is 11.3. The van der Waals surface area contributed by atoms with E-state index in [0.29, 0.717) is 19.7 Å². The minimum Gasteiger partial charge on any atom is -0.381 e. The predicted octanol–water partition coefficient (Wildman–Crippen LogP) is -0.512. The smallest absolute Gasteiger partial charge is 0.225 e. The SMILES string of the molecule is NCCCNC(=O)C1CCOC1. The van der Waals surface area contributed by atoms with Gasteiger partial charge in [-0.05, 0) is 19.4 Å². The minimum atomic E-state index is 0.0720. The zero-order chi connectivity index (χ0) is 8.81. The third-order valence-corrected chi connectivity index (χ3v) is 1.98. The van der Waals surface area contributed by atoms with Crippen molar-refractivity contribution in [3.05, 3.63) is 0 Å². The molecule has 4 nitrogen and oxygen atoms in total. The van der Waals surface area contributed by atoms with Gasteiger partial charge in [-0.25, -0.2) is 0 Å². The number of ether oxygens (including phenoxy) is 1. The molecule has 70 valence electrons. The second kappa shape index (κ2) is 5.11. The highest BCUT2D eigenvalue weighted by Crippen LogP contribution is 2.11. The Morgan fingerprint density at radius 3 is 3.08 bits per heavy atom. The van der Waals surface area contributed by atoms with E-state index < -0.39 is 0 Å². The van der Waals surface area contributed by atoms with E-state index in [-0.39, 0.29) is 11.8 Å². The molecule has 4 heteroatoms. The lowest BCUT2D eigenvalue weighted by molar-refractivity contribution is -0.124. The van der Waals surface area contributed by atoms with Crippen molar-refractivity contribution >= 4 is 5.91 Å². The fraction of sp³-hybridized carbons (Fsp3) is 0.875. The van der Waals surface area contributed by atoms with Gasteiger partial charge in [-0.2, -0.15) is 0 Å². The van der Waals surface area contributed by atoms with Crippen LogP contribution in [-0.2, 0) is 9.53 Å². The van der Waals surface area contributed by atoms with Crippen LogP contribution >= 0.6 is 0 Å². The average Bonchev–Trinajstić information content (AvgIpc) is 2.56. The van der Waals surface area contributed by atoms with Crippen molar-refractivity contribution < 1.29 is 9.53 Å². The molecular weight excluding hydrogens is 156 g/mol. The summed E-state index contributed by atoms with van der Waals surface area (Å²) in [5.74, 6) is 0.184. The lowest BCUT2D eigenvalue weighted by Gasteiger charge is -2.07. The first kappa shape index (κ1) is 9.48. The first-order chi connectivity index (χ1) is 5.84. The van der Waals surface area contributed by atoms with Crippen molar-refractivity contribution in [3.63, 3.8) is 0 Å². The Hall–Kier alpha value is -0.610. The highest BCUT2D eigenvalue weighted by Gasteiger charge is 2.22. The molecule has 1 amide bonds. The van der Waals surface area contributed by atoms with Crippen molar-refractivity contribution in [1.29, 1.82) is 0 Å². The van der Waals surface area contributed by atoms with Gasteiger partial charge in [0.1, 0.15) is 0 Å². The number of hydrogen-bond donors (Lipinski definition) is 2. The number of carbonyl (C=O) groups is 1. The van der Waals surface area contributed by atoms with Gasteiger partial charge in [-0.15, -0.1) is 0 Å². The standard InChI is InChI=1S/C8H16N2O2/c9-3-1-4-10-8(11)7-2-5-12-6-7/h7H,1-6,9H2,(H,10,11). The van der Waals surface area contributed by atoms with Gasteiger partial charge in [-0.3, -0.25) is 4.79 Å². The van der Waals surface area contributed by atoms with E-state index in [2.05, 4.69) is 5.32 Å². The Morgan fingerprint density at radius 1 is 1.67 bits per heavy atom. The number of hydrogen-bond acceptors (Lipinski definition) is 3. The van der Waals surface area contributed by atoms with Crippen LogP contribution in [0.1, 0.15) is 12.8 Å². The van der Waals surface area contributed by atoms with Crippen molar-refractivity contribution in [2.75, 3.05) is 26.3 Å². The molecule has 0 aliphatic carbocycles. The van der Waals surface area contributed by atoms with Gasteiger partial charge in [0, 0.05) is 13.2 Å². The molecule has 1 saturated heterocycles. The van der Waals surface area contributed by atoms with Crippen LogP contribution in [-0.4, -0.2) is 32.2 Å². The molecule has 0 radical (unpaired) electrons. The lowest BCUT2D eigenvalue weighted by atomic mass is 10.1. The van der Waals surface area contributed by atoms with Gasteiger partial charge in [-0.1, -0.05) is 0 Å². The molecule has 1 unspecified atom stereocenters. The van der Waals surface area contributed by atoms with Crippen molar-refractivity contribution in [3.8, 4) is 0 Å². The first-order valence-corrected chi connectivity index (χ1v) is 4.40. The molecule has 1 aliphatic heterocycles. The second-order valence-corrected chi connectivity index (χ2v) is 2.99. The summed E-state index contributed by atoms with van der Waals surface area (Å²) < 4.78 is 5.10. The number of amides is 1. The Balaban J connectivity index is 2.10. The van der Waals surface area contributed by atoms with E-state index >= 15 is 0 Å². The molecule has 12 heavy (non-hydrogen) atoms. The maximum absolute atomic E-state index is 11.3. The Bertz CT molecular complexity index is 144. The van der Waals surface area contributed by atoms with Crippen LogP contribution in [0.2, 0.25) is 0 Å². The maximum Gasteiger partial charge on any atom is 0.225 e. The highest BCUT2D eigenvalue weighted by atomic mass is 16.5. The number of nitrogens with two attached hydrogens (primary N) is 1. The normalized spacial score (nSPS) is 22.6. The third kappa shape index (κ3) is 2.79. The molecule has 0 aromatic heterocycles. The Kier molecular flexibility index (Phi) is 4.04. The molecule has 3 N–H and O–H groups in total. The van der Waals surface area contributed by atoms with E-state index in [1.807, 2.05) is 0 Å². The van der Waals surface area contributed by atoms with Crippen LogP contribution < -0.4 is 11.1 Å². The number of carbonyl (C=O) groups excluding carboxylic acids is 1. The van der Waals surface area contributed by atoms with E-state index in [4.69, 9.17) is 10.5 Å². The van der Waals surface area contributed by atoms with Crippen LogP contribution in [0, 0.1) is 5.92 Å². The van der Waals surface area contributed by atoms with Crippen molar-refractivity contribution in [2.24, 2.45) is 11.7 Å². The first-order valence-electron chi connectivity index (χ1n) is 4.40. The fourth-order valence-corrected chi connectivity index (χ4v) is 1.20. The summed E-state index contributed by atoms with van der Waals surface area (Å²) in [7, 11) is 0. The quantitative estimate of drug-likeness (QED) is 0.561. The van der Waals surface area contributed by atoms with Crippen molar-refractivity contribution in [2.45, 2.75) is 12.8 Å². The molecule has 0 saturated carbocycles. The molecule has 0 bridgehead atoms. The van der Waals surface area contributed by atoms with E-state index in [1.165, 1.54) is 0 Å². The molecule has 0 aromatic rings. The Labute approximate surface area is 72.5 Å². The monoisotopic (exact) mass is 172 g/mol. The third-order valence-electron chi connectivity index (χ3n) is 1.98. The van der Waals surface area contributed by atoms with Crippen LogP contribution in [0.5, 0.6) is 0 Å². The van der Waals surface area contributed by atoms with Crippen LogP contribution in [0.15, 0.2) is 0 Å². The molecule has 1 aliphatic rings. The summed E-state index contributed by atoms with van der Waals surface area (Å²) >= 11 is 0. The number of rotatable bonds is 4. The summed E-state index contributed by atoms with van der Waals surface area (Å²) in [6, 6.07) is 0. The molecule has 0 spiro atoms. The zero-order valence-corrected chi connectivity index (χ0v) is 7.21. The van der Waals surface area contributed by atoms with Gasteiger partial charge >= 0.3 is 0 Å². The fourth-order valence-electron chi connectivity index (χ4n) is 1.20. The predicted molar refractivity (Wildman–Crippen MR) is 45.6 cm³/mol. The molecule has 1 atom stereocenters. The topological polar surface area (TPSA) is 64.3 Å². The summed E-state index contributed by atoms with van der Waals surface area (Å²) in [5, 5.41) is 2.83. The van der Waals surface area contributed by atoms with Gasteiger partial charge in [0.15, 0.2) is 0 Å². The molecule has 1 fully saturated rings. The summed E-state index contributed by atoms with van der Waals surface area (Å²) in [6.07, 6.45) is 1.70. The molecular formula is C8H16N2O2. The minimum absolute atomic E-state index is 0.0720. The van der Waals surface area contributed by atoms with Crippen molar-refractivity contribution in [1.82, 2.24) is 5.32 Å². The highest BCUT2D eigenvalue weighted by molar-refractivity contribution is 5.78. The van der Waals surface area contributed by atoms with E-state index in [0.717, 1.165) is 19.4 Å². The zero-order valence-electron chi connectivity index (χ0n) is 7.21. The molecule has 1 rings (SSSR count). The van der Waals surface area contributed by atoms with Gasteiger partial charge in [0.2, 0.25) is 5.91 Å². The maximum atomic E-state index is 11.3. The van der Waals surface area contributed by atoms with Crippen LogP contribution in [0.4, 0.5) is 0 Å². The summed E-state index contributed by atoms with van der Waals surface area (Å²) in [6.45, 7) is 2.61. The lowest BCUT2D eigenvalue weighted by Crippen LogP contribution is -2.32. The largest absolute Gasteiger partial charge is 0.381 e. The van der Waals surface area contributed by atoms with Gasteiger partial charge in [0.05, 0.1) is 12.5 Å².